The van der Waals surface area contributed by atoms with Crippen LogP contribution >= 0.6 is 0 Å². The van der Waals surface area contributed by atoms with Crippen LogP contribution in [-0.2, 0) is 11.3 Å². The van der Waals surface area contributed by atoms with Crippen LogP contribution in [0.1, 0.15) is 60.6 Å². The average molecular weight is 437 g/mol. The average Bonchev–Trinajstić information content (AvgIpc) is 3.08. The van der Waals surface area contributed by atoms with Crippen LogP contribution in [0.5, 0.6) is 11.5 Å². The maximum Gasteiger partial charge on any atom is 0.255 e. The van der Waals surface area contributed by atoms with E-state index in [2.05, 4.69) is 19.2 Å². The summed E-state index contributed by atoms with van der Waals surface area (Å²) < 4.78 is 10.9. The van der Waals surface area contributed by atoms with Crippen molar-refractivity contribution in [3.63, 3.8) is 0 Å². The van der Waals surface area contributed by atoms with E-state index in [0.717, 1.165) is 24.0 Å². The minimum Gasteiger partial charge on any atom is -0.497 e. The SMILES string of the molecule is COc1ccc(OC)c(CN2C(=O)c3ccccc3[C@@H]2C(=O)N[C@@H]2CCC[C@@H](C)[C@H]2C)c1. The Balaban J connectivity index is 1.65. The topological polar surface area (TPSA) is 67.9 Å². The second-order valence-corrected chi connectivity index (χ2v) is 8.98. The molecule has 0 bridgehead atoms. The minimum atomic E-state index is -0.668. The quantitative estimate of drug-likeness (QED) is 0.731. The van der Waals surface area contributed by atoms with Crippen LogP contribution in [0.2, 0.25) is 0 Å². The van der Waals surface area contributed by atoms with Crippen molar-refractivity contribution in [3.8, 4) is 11.5 Å². The predicted molar refractivity (Wildman–Crippen MR) is 123 cm³/mol. The summed E-state index contributed by atoms with van der Waals surface area (Å²) in [6.07, 6.45) is 3.28. The van der Waals surface area contributed by atoms with Gasteiger partial charge >= 0.3 is 0 Å². The highest BCUT2D eigenvalue weighted by Gasteiger charge is 2.42. The largest absolute Gasteiger partial charge is 0.497 e. The van der Waals surface area contributed by atoms with E-state index in [0.29, 0.717) is 28.9 Å². The van der Waals surface area contributed by atoms with Gasteiger partial charge in [-0.2, -0.15) is 0 Å². The van der Waals surface area contributed by atoms with Crippen LogP contribution in [0.15, 0.2) is 42.5 Å². The lowest BCUT2D eigenvalue weighted by molar-refractivity contribution is -0.127. The molecule has 2 aliphatic rings. The number of hydrogen-bond acceptors (Lipinski definition) is 4. The number of carbonyl (C=O) groups is 2. The normalized spacial score (nSPS) is 24.8. The molecule has 170 valence electrons. The van der Waals surface area contributed by atoms with Crippen molar-refractivity contribution in [1.29, 1.82) is 0 Å². The molecule has 2 aromatic carbocycles. The zero-order chi connectivity index (χ0) is 22.8. The zero-order valence-electron chi connectivity index (χ0n) is 19.3. The lowest BCUT2D eigenvalue weighted by Gasteiger charge is -2.36. The molecule has 1 aliphatic heterocycles. The molecule has 32 heavy (non-hydrogen) atoms. The Labute approximate surface area is 189 Å². The van der Waals surface area contributed by atoms with E-state index in [-0.39, 0.29) is 24.4 Å². The van der Waals surface area contributed by atoms with E-state index in [4.69, 9.17) is 9.47 Å². The van der Waals surface area contributed by atoms with Crippen LogP contribution in [0.25, 0.3) is 0 Å². The first-order chi connectivity index (χ1) is 15.4. The summed E-state index contributed by atoms with van der Waals surface area (Å²) in [7, 11) is 3.20. The number of fused-ring (bicyclic) bond motifs is 1. The maximum absolute atomic E-state index is 13.6. The van der Waals surface area contributed by atoms with Crippen molar-refractivity contribution in [2.75, 3.05) is 14.2 Å². The predicted octanol–water partition coefficient (Wildman–Crippen LogP) is 4.34. The van der Waals surface area contributed by atoms with E-state index in [1.165, 1.54) is 6.42 Å². The summed E-state index contributed by atoms with van der Waals surface area (Å²) in [5, 5.41) is 3.28. The number of nitrogens with one attached hydrogen (secondary N) is 1. The van der Waals surface area contributed by atoms with Gasteiger partial charge in [0.2, 0.25) is 5.91 Å². The van der Waals surface area contributed by atoms with Gasteiger partial charge in [0, 0.05) is 17.2 Å². The molecule has 0 saturated heterocycles. The summed E-state index contributed by atoms with van der Waals surface area (Å²) in [5.41, 5.74) is 2.14. The van der Waals surface area contributed by atoms with E-state index in [9.17, 15) is 9.59 Å². The molecule has 0 radical (unpaired) electrons. The standard InChI is InChI=1S/C26H32N2O4/c1-16-8-7-11-22(17(16)2)27-25(29)24-20-9-5-6-10-21(20)26(30)28(24)15-18-14-19(31-3)12-13-23(18)32-4/h5-6,9-10,12-14,16-17,22,24H,7-8,11,15H2,1-4H3,(H,27,29)/t16-,17-,22-,24-/m1/s1. The Morgan fingerprint density at radius 2 is 1.88 bits per heavy atom. The Kier molecular flexibility index (Phi) is 6.40. The molecule has 1 aliphatic carbocycles. The van der Waals surface area contributed by atoms with Gasteiger partial charge in [-0.3, -0.25) is 9.59 Å². The smallest absolute Gasteiger partial charge is 0.255 e. The molecule has 1 fully saturated rings. The molecule has 1 N–H and O–H groups in total. The van der Waals surface area contributed by atoms with E-state index >= 15 is 0 Å². The van der Waals surface area contributed by atoms with Crippen LogP contribution in [0, 0.1) is 11.8 Å². The molecule has 0 unspecified atom stereocenters. The molecule has 0 spiro atoms. The van der Waals surface area contributed by atoms with Gasteiger partial charge in [0.1, 0.15) is 17.5 Å². The van der Waals surface area contributed by atoms with Crippen molar-refractivity contribution in [1.82, 2.24) is 10.2 Å². The molecule has 1 saturated carbocycles. The maximum atomic E-state index is 13.6. The fraction of sp³-hybridized carbons (Fsp3) is 0.462. The van der Waals surface area contributed by atoms with Gasteiger partial charge in [-0.1, -0.05) is 44.9 Å². The van der Waals surface area contributed by atoms with Gasteiger partial charge in [-0.25, -0.2) is 0 Å². The highest BCUT2D eigenvalue weighted by Crippen LogP contribution is 2.38. The van der Waals surface area contributed by atoms with Crippen LogP contribution in [0.4, 0.5) is 0 Å². The first kappa shape index (κ1) is 22.2. The zero-order valence-corrected chi connectivity index (χ0v) is 19.3. The Hall–Kier alpha value is -3.02. The second kappa shape index (κ2) is 9.23. The Morgan fingerprint density at radius 3 is 2.62 bits per heavy atom. The molecule has 6 heteroatoms. The lowest BCUT2D eigenvalue weighted by Crippen LogP contribution is -2.48. The van der Waals surface area contributed by atoms with Crippen molar-refractivity contribution >= 4 is 11.8 Å². The summed E-state index contributed by atoms with van der Waals surface area (Å²) in [6.45, 7) is 4.71. The highest BCUT2D eigenvalue weighted by atomic mass is 16.5. The van der Waals surface area contributed by atoms with Gasteiger partial charge < -0.3 is 19.7 Å². The van der Waals surface area contributed by atoms with Crippen LogP contribution in [0.3, 0.4) is 0 Å². The van der Waals surface area contributed by atoms with Crippen molar-refractivity contribution < 1.29 is 19.1 Å². The molecule has 4 rings (SSSR count). The number of ether oxygens (including phenoxy) is 2. The summed E-state index contributed by atoms with van der Waals surface area (Å²) >= 11 is 0. The third kappa shape index (κ3) is 4.06. The Morgan fingerprint density at radius 1 is 1.09 bits per heavy atom. The van der Waals surface area contributed by atoms with Crippen molar-refractivity contribution in [2.45, 2.75) is 51.7 Å². The molecule has 2 amide bonds. The summed E-state index contributed by atoms with van der Waals surface area (Å²) in [5.74, 6) is 2.06. The van der Waals surface area contributed by atoms with Crippen molar-refractivity contribution in [3.05, 3.63) is 59.2 Å². The Bertz CT molecular complexity index is 1010. The molecule has 2 aromatic rings. The molecule has 0 aromatic heterocycles. The molecular weight excluding hydrogens is 404 g/mol. The fourth-order valence-corrected chi connectivity index (χ4v) is 5.05. The van der Waals surface area contributed by atoms with Crippen LogP contribution < -0.4 is 14.8 Å². The highest BCUT2D eigenvalue weighted by molar-refractivity contribution is 6.04. The lowest BCUT2D eigenvalue weighted by atomic mass is 9.78. The number of benzene rings is 2. The van der Waals surface area contributed by atoms with Gasteiger partial charge in [-0.15, -0.1) is 0 Å². The fourth-order valence-electron chi connectivity index (χ4n) is 5.05. The minimum absolute atomic E-state index is 0.115. The first-order valence-corrected chi connectivity index (χ1v) is 11.4. The van der Waals surface area contributed by atoms with Gasteiger partial charge in [0.25, 0.3) is 5.91 Å². The van der Waals surface area contributed by atoms with Crippen LogP contribution in [-0.4, -0.2) is 37.0 Å². The van der Waals surface area contributed by atoms with E-state index in [1.54, 1.807) is 25.2 Å². The third-order valence-electron chi connectivity index (χ3n) is 7.17. The number of rotatable bonds is 6. The molecular formula is C26H32N2O4. The monoisotopic (exact) mass is 436 g/mol. The molecule has 4 atom stereocenters. The number of nitrogens with zero attached hydrogens (tertiary/aromatic N) is 1. The van der Waals surface area contributed by atoms with E-state index in [1.807, 2.05) is 36.4 Å². The van der Waals surface area contributed by atoms with Crippen molar-refractivity contribution in [2.24, 2.45) is 11.8 Å². The third-order valence-corrected chi connectivity index (χ3v) is 7.17. The van der Waals surface area contributed by atoms with Gasteiger partial charge in [-0.05, 0) is 48.1 Å². The molecule has 1 heterocycles. The first-order valence-electron chi connectivity index (χ1n) is 11.4. The van der Waals surface area contributed by atoms with Gasteiger partial charge in [0.15, 0.2) is 0 Å². The summed E-state index contributed by atoms with van der Waals surface area (Å²) in [6, 6.07) is 12.4. The van der Waals surface area contributed by atoms with E-state index < -0.39 is 6.04 Å². The summed E-state index contributed by atoms with van der Waals surface area (Å²) in [4.78, 5) is 28.6. The number of carbonyl (C=O) groups excluding carboxylic acids is 2. The number of hydrogen-bond donors (Lipinski definition) is 1. The van der Waals surface area contributed by atoms with Gasteiger partial charge in [0.05, 0.1) is 20.8 Å². The number of amides is 2. The number of methoxy groups -OCH3 is 2. The molecule has 6 nitrogen and oxygen atoms in total. The second-order valence-electron chi connectivity index (χ2n) is 8.98.